The minimum Gasteiger partial charge on any atom is -0.480 e. The Morgan fingerprint density at radius 3 is 3.07 bits per heavy atom. The molecule has 0 aromatic carbocycles. The summed E-state index contributed by atoms with van der Waals surface area (Å²) in [5, 5.41) is 20.0. The number of carboxylic acids is 1. The number of nitrogens with zero attached hydrogens (tertiary/aromatic N) is 5. The third-order valence-electron chi connectivity index (χ3n) is 1.47. The topological polar surface area (TPSA) is 120 Å². The van der Waals surface area contributed by atoms with Crippen LogP contribution in [0.15, 0.2) is 6.20 Å². The van der Waals surface area contributed by atoms with Crippen LogP contribution in [0.1, 0.15) is 0 Å². The number of hydrogen-bond donors (Lipinski definition) is 2. The number of carbonyl (C=O) groups is 1. The highest BCUT2D eigenvalue weighted by atomic mass is 32.1. The summed E-state index contributed by atoms with van der Waals surface area (Å²) in [5.41, 5.74) is 5.43. The predicted molar refractivity (Wildman–Crippen MR) is 51.0 cm³/mol. The molecule has 2 heterocycles. The molecule has 9 heteroatoms. The summed E-state index contributed by atoms with van der Waals surface area (Å²) in [6, 6.07) is 0. The zero-order valence-corrected chi connectivity index (χ0v) is 8.18. The maximum absolute atomic E-state index is 10.4. The van der Waals surface area contributed by atoms with Gasteiger partial charge in [0.15, 0.2) is 11.7 Å². The van der Waals surface area contributed by atoms with Gasteiger partial charge in [0.25, 0.3) is 0 Å². The van der Waals surface area contributed by atoms with Gasteiger partial charge in [-0.2, -0.15) is 4.80 Å². The molecule has 0 radical (unpaired) electrons. The lowest BCUT2D eigenvalue weighted by molar-refractivity contribution is -0.138. The average Bonchev–Trinajstić information content (AvgIpc) is 2.72. The molecule has 3 N–H and O–H groups in total. The summed E-state index contributed by atoms with van der Waals surface area (Å²) in [6.45, 7) is -0.318. The van der Waals surface area contributed by atoms with Crippen molar-refractivity contribution in [2.75, 3.05) is 5.73 Å². The first kappa shape index (κ1) is 9.52. The summed E-state index contributed by atoms with van der Waals surface area (Å²) >= 11 is 1.21. The van der Waals surface area contributed by atoms with Gasteiger partial charge in [0, 0.05) is 0 Å². The van der Waals surface area contributed by atoms with Gasteiger partial charge in [-0.1, -0.05) is 11.3 Å². The normalized spacial score (nSPS) is 10.4. The molecule has 0 saturated carbocycles. The zero-order chi connectivity index (χ0) is 10.8. The summed E-state index contributed by atoms with van der Waals surface area (Å²) < 4.78 is 0. The van der Waals surface area contributed by atoms with Crippen LogP contribution in [0.5, 0.6) is 0 Å². The number of nitrogen functional groups attached to an aromatic ring is 1. The fourth-order valence-corrected chi connectivity index (χ4v) is 1.53. The molecule has 2 aromatic rings. The molecule has 0 aliphatic rings. The van der Waals surface area contributed by atoms with Crippen LogP contribution < -0.4 is 5.73 Å². The lowest BCUT2D eigenvalue weighted by atomic mass is 10.5. The summed E-state index contributed by atoms with van der Waals surface area (Å²) in [4.78, 5) is 15.8. The number of aliphatic carboxylic acids is 1. The van der Waals surface area contributed by atoms with E-state index in [9.17, 15) is 4.79 Å². The zero-order valence-electron chi connectivity index (χ0n) is 7.36. The van der Waals surface area contributed by atoms with Crippen LogP contribution in [0.2, 0.25) is 0 Å². The molecule has 0 atom stereocenters. The van der Waals surface area contributed by atoms with Crippen LogP contribution in [0.3, 0.4) is 0 Å². The van der Waals surface area contributed by atoms with Gasteiger partial charge < -0.3 is 10.8 Å². The monoisotopic (exact) mass is 226 g/mol. The second-order valence-electron chi connectivity index (χ2n) is 2.60. The molecule has 15 heavy (non-hydrogen) atoms. The van der Waals surface area contributed by atoms with E-state index in [0.717, 1.165) is 4.80 Å². The van der Waals surface area contributed by atoms with Crippen LogP contribution in [-0.2, 0) is 11.3 Å². The number of tetrazole rings is 1. The number of anilines is 1. The molecule has 78 valence electrons. The van der Waals surface area contributed by atoms with Crippen molar-refractivity contribution in [1.29, 1.82) is 0 Å². The fourth-order valence-electron chi connectivity index (χ4n) is 0.921. The van der Waals surface area contributed by atoms with Crippen LogP contribution in [-0.4, -0.2) is 36.3 Å². The smallest absolute Gasteiger partial charge is 0.327 e. The van der Waals surface area contributed by atoms with E-state index >= 15 is 0 Å². The maximum Gasteiger partial charge on any atom is 0.327 e. The van der Waals surface area contributed by atoms with Crippen molar-refractivity contribution in [1.82, 2.24) is 25.2 Å². The SMILES string of the molecule is Nc1ncc(-c2nnn(CC(=O)O)n2)s1. The first-order valence-corrected chi connectivity index (χ1v) is 4.68. The largest absolute Gasteiger partial charge is 0.480 e. The Bertz CT molecular complexity index is 491. The van der Waals surface area contributed by atoms with Crippen molar-refractivity contribution in [3.05, 3.63) is 6.20 Å². The molecule has 0 unspecified atom stereocenters. The minimum atomic E-state index is -1.03. The number of carboxylic acid groups (broad SMARTS) is 1. The van der Waals surface area contributed by atoms with Gasteiger partial charge in [-0.25, -0.2) is 4.98 Å². The summed E-state index contributed by atoms with van der Waals surface area (Å²) in [5.74, 6) is -0.701. The van der Waals surface area contributed by atoms with E-state index in [-0.39, 0.29) is 6.54 Å². The van der Waals surface area contributed by atoms with Crippen LogP contribution in [0, 0.1) is 0 Å². The average molecular weight is 226 g/mol. The van der Waals surface area contributed by atoms with Gasteiger partial charge in [-0.05, 0) is 5.21 Å². The summed E-state index contributed by atoms with van der Waals surface area (Å²) in [7, 11) is 0. The third kappa shape index (κ3) is 2.07. The third-order valence-corrected chi connectivity index (χ3v) is 2.30. The molecule has 0 saturated heterocycles. The van der Waals surface area contributed by atoms with Crippen molar-refractivity contribution < 1.29 is 9.90 Å². The van der Waals surface area contributed by atoms with E-state index < -0.39 is 5.97 Å². The standard InChI is InChI=1S/C6H6N6O2S/c7-6-8-1-3(15-6)5-9-11-12(10-5)2-4(13)14/h1H,2H2,(H2,7,8)(H,13,14). The number of rotatable bonds is 3. The van der Waals surface area contributed by atoms with Crippen molar-refractivity contribution in [2.24, 2.45) is 0 Å². The molecule has 0 aliphatic carbocycles. The van der Waals surface area contributed by atoms with Gasteiger partial charge in [0.05, 0.1) is 11.1 Å². The molecular weight excluding hydrogens is 220 g/mol. The molecule has 0 fully saturated rings. The minimum absolute atomic E-state index is 0.318. The van der Waals surface area contributed by atoms with Gasteiger partial charge in [0.1, 0.15) is 0 Å². The fraction of sp³-hybridized carbons (Fsp3) is 0.167. The first-order valence-electron chi connectivity index (χ1n) is 3.86. The van der Waals surface area contributed by atoms with Gasteiger partial charge >= 0.3 is 5.97 Å². The van der Waals surface area contributed by atoms with Crippen molar-refractivity contribution in [2.45, 2.75) is 6.54 Å². The Morgan fingerprint density at radius 1 is 1.67 bits per heavy atom. The Hall–Kier alpha value is -2.03. The quantitative estimate of drug-likeness (QED) is 0.721. The molecule has 2 aromatic heterocycles. The summed E-state index contributed by atoms with van der Waals surface area (Å²) in [6.07, 6.45) is 1.52. The predicted octanol–water partition coefficient (Wildman–Crippen LogP) is -0.537. The molecule has 8 nitrogen and oxygen atoms in total. The Kier molecular flexibility index (Phi) is 2.29. The lowest BCUT2D eigenvalue weighted by Crippen LogP contribution is -2.11. The molecule has 0 bridgehead atoms. The van der Waals surface area contributed by atoms with Crippen LogP contribution in [0.4, 0.5) is 5.13 Å². The van der Waals surface area contributed by atoms with Crippen LogP contribution >= 0.6 is 11.3 Å². The highest BCUT2D eigenvalue weighted by Gasteiger charge is 2.10. The lowest BCUT2D eigenvalue weighted by Gasteiger charge is -1.89. The van der Waals surface area contributed by atoms with E-state index in [0.29, 0.717) is 15.8 Å². The van der Waals surface area contributed by atoms with Gasteiger partial charge in [0.2, 0.25) is 5.82 Å². The number of aromatic nitrogens is 5. The Balaban J connectivity index is 2.23. The first-order chi connectivity index (χ1) is 7.15. The molecule has 2 rings (SSSR count). The van der Waals surface area contributed by atoms with Gasteiger partial charge in [-0.3, -0.25) is 4.79 Å². The van der Waals surface area contributed by atoms with Crippen molar-refractivity contribution in [3.8, 4) is 10.7 Å². The van der Waals surface area contributed by atoms with Crippen molar-refractivity contribution >= 4 is 22.4 Å². The Morgan fingerprint density at radius 2 is 2.47 bits per heavy atom. The second kappa shape index (κ2) is 3.61. The highest BCUT2D eigenvalue weighted by molar-refractivity contribution is 7.18. The number of hydrogen-bond acceptors (Lipinski definition) is 7. The number of nitrogens with two attached hydrogens (primary N) is 1. The molecule has 0 spiro atoms. The number of thiazole rings is 1. The maximum atomic E-state index is 10.4. The van der Waals surface area contributed by atoms with E-state index in [1.165, 1.54) is 17.5 Å². The van der Waals surface area contributed by atoms with E-state index in [1.54, 1.807) is 0 Å². The van der Waals surface area contributed by atoms with E-state index in [4.69, 9.17) is 10.8 Å². The van der Waals surface area contributed by atoms with E-state index in [2.05, 4.69) is 20.4 Å². The molecule has 0 aliphatic heterocycles. The molecule has 0 amide bonds. The van der Waals surface area contributed by atoms with Crippen LogP contribution in [0.25, 0.3) is 10.7 Å². The van der Waals surface area contributed by atoms with E-state index in [1.807, 2.05) is 0 Å². The van der Waals surface area contributed by atoms with Crippen molar-refractivity contribution in [3.63, 3.8) is 0 Å². The highest BCUT2D eigenvalue weighted by Crippen LogP contribution is 2.23. The van der Waals surface area contributed by atoms with Gasteiger partial charge in [-0.15, -0.1) is 10.2 Å². The second-order valence-corrected chi connectivity index (χ2v) is 3.66. The molecular formula is C6H6N6O2S. The Labute approximate surface area is 87.4 Å².